The summed E-state index contributed by atoms with van der Waals surface area (Å²) < 4.78 is 9.87. The fourth-order valence-corrected chi connectivity index (χ4v) is 0.973. The number of esters is 1. The van der Waals surface area contributed by atoms with Gasteiger partial charge >= 0.3 is 5.97 Å². The van der Waals surface area contributed by atoms with Crippen LogP contribution in [0.2, 0.25) is 0 Å². The Morgan fingerprint density at radius 2 is 1.94 bits per heavy atom. The van der Waals surface area contributed by atoms with Gasteiger partial charge in [-0.3, -0.25) is 4.79 Å². The number of ether oxygens (including phenoxy) is 2. The minimum Gasteiger partial charge on any atom is -0.436 e. The molecule has 3 unspecified atom stereocenters. The van der Waals surface area contributed by atoms with E-state index in [1.165, 1.54) is 13.8 Å². The van der Waals surface area contributed by atoms with Crippen molar-refractivity contribution < 1.29 is 24.5 Å². The van der Waals surface area contributed by atoms with Crippen LogP contribution in [-0.4, -0.2) is 60.4 Å². The lowest BCUT2D eigenvalue weighted by Crippen LogP contribution is -2.34. The van der Waals surface area contributed by atoms with Crippen LogP contribution in [0.1, 0.15) is 20.3 Å². The van der Waals surface area contributed by atoms with Gasteiger partial charge in [-0.2, -0.15) is 0 Å². The molecule has 0 aromatic carbocycles. The van der Waals surface area contributed by atoms with E-state index in [2.05, 4.69) is 0 Å². The zero-order chi connectivity index (χ0) is 12.7. The number of nitrogens with zero attached hydrogens (tertiary/aromatic N) is 1. The third-order valence-electron chi connectivity index (χ3n) is 1.81. The summed E-state index contributed by atoms with van der Waals surface area (Å²) in [4.78, 5) is 12.7. The van der Waals surface area contributed by atoms with Crippen molar-refractivity contribution in [3.63, 3.8) is 0 Å². The van der Waals surface area contributed by atoms with E-state index in [1.54, 1.807) is 0 Å². The first-order chi connectivity index (χ1) is 7.32. The van der Waals surface area contributed by atoms with Crippen LogP contribution in [-0.2, 0) is 14.3 Å². The molecule has 96 valence electrons. The van der Waals surface area contributed by atoms with Crippen molar-refractivity contribution in [2.24, 2.45) is 0 Å². The Morgan fingerprint density at radius 3 is 2.31 bits per heavy atom. The summed E-state index contributed by atoms with van der Waals surface area (Å²) >= 11 is 0. The van der Waals surface area contributed by atoms with Gasteiger partial charge in [0.05, 0.1) is 0 Å². The van der Waals surface area contributed by atoms with Crippen molar-refractivity contribution in [2.45, 2.75) is 39.0 Å². The summed E-state index contributed by atoms with van der Waals surface area (Å²) in [5, 5.41) is 18.4. The van der Waals surface area contributed by atoms with Crippen LogP contribution in [0.3, 0.4) is 0 Å². The molecule has 6 heteroatoms. The molecule has 6 nitrogen and oxygen atoms in total. The lowest BCUT2D eigenvalue weighted by molar-refractivity contribution is -0.249. The van der Waals surface area contributed by atoms with E-state index in [0.717, 1.165) is 0 Å². The van der Waals surface area contributed by atoms with Gasteiger partial charge in [0.15, 0.2) is 6.29 Å². The topological polar surface area (TPSA) is 79.2 Å². The smallest absolute Gasteiger partial charge is 0.304 e. The number of rotatable bonds is 7. The molecule has 3 atom stereocenters. The zero-order valence-corrected chi connectivity index (χ0v) is 10.2. The fraction of sp³-hybridized carbons (Fsp3) is 0.900. The van der Waals surface area contributed by atoms with E-state index in [1.807, 2.05) is 19.0 Å². The van der Waals surface area contributed by atoms with E-state index in [-0.39, 0.29) is 0 Å². The number of carbonyl (C=O) groups excluding carboxylic acids is 1. The predicted molar refractivity (Wildman–Crippen MR) is 57.5 cm³/mol. The number of carbonyl (C=O) groups is 1. The number of hydrogen-bond donors (Lipinski definition) is 2. The Morgan fingerprint density at radius 1 is 1.38 bits per heavy atom. The maximum atomic E-state index is 10.8. The molecular formula is C10H21NO5. The zero-order valence-electron chi connectivity index (χ0n) is 10.2. The second-order valence-electron chi connectivity index (χ2n) is 3.90. The minimum atomic E-state index is -1.36. The molecule has 2 N–H and O–H groups in total. The van der Waals surface area contributed by atoms with Gasteiger partial charge in [0.2, 0.25) is 6.29 Å². The molecular weight excluding hydrogens is 214 g/mol. The first-order valence-electron chi connectivity index (χ1n) is 5.16. The van der Waals surface area contributed by atoms with Crippen molar-refractivity contribution in [1.82, 2.24) is 4.90 Å². The molecule has 0 aliphatic heterocycles. The molecule has 0 aromatic heterocycles. The second-order valence-corrected chi connectivity index (χ2v) is 3.90. The fourth-order valence-electron chi connectivity index (χ4n) is 0.973. The standard InChI is InChI=1S/C10H21NO5/c1-7(12)10(14)16-9(15-8(2)13)5-6-11(3)4/h7,9-10,12,14H,5-6H2,1-4H3. The highest BCUT2D eigenvalue weighted by Gasteiger charge is 2.20. The molecule has 0 rings (SSSR count). The molecule has 0 spiro atoms. The van der Waals surface area contributed by atoms with Crippen molar-refractivity contribution in [1.29, 1.82) is 0 Å². The number of hydrogen-bond acceptors (Lipinski definition) is 6. The Kier molecular flexibility index (Phi) is 7.24. The minimum absolute atomic E-state index is 0.427. The van der Waals surface area contributed by atoms with Gasteiger partial charge in [-0.05, 0) is 21.0 Å². The van der Waals surface area contributed by atoms with Crippen molar-refractivity contribution in [3.8, 4) is 0 Å². The second kappa shape index (κ2) is 7.56. The van der Waals surface area contributed by atoms with Crippen LogP contribution in [0.15, 0.2) is 0 Å². The molecule has 0 aromatic rings. The lowest BCUT2D eigenvalue weighted by Gasteiger charge is -2.23. The van der Waals surface area contributed by atoms with Gasteiger partial charge in [0, 0.05) is 19.9 Å². The molecule has 0 fully saturated rings. The number of aliphatic hydroxyl groups is 2. The average molecular weight is 235 g/mol. The molecule has 0 heterocycles. The Hall–Kier alpha value is -0.690. The molecule has 0 aliphatic carbocycles. The summed E-state index contributed by atoms with van der Waals surface area (Å²) in [5.41, 5.74) is 0. The van der Waals surface area contributed by atoms with E-state index < -0.39 is 24.7 Å². The van der Waals surface area contributed by atoms with Crippen molar-refractivity contribution in [2.75, 3.05) is 20.6 Å². The summed E-state index contributed by atoms with van der Waals surface area (Å²) in [6, 6.07) is 0. The van der Waals surface area contributed by atoms with Gasteiger partial charge < -0.3 is 24.6 Å². The van der Waals surface area contributed by atoms with Crippen molar-refractivity contribution in [3.05, 3.63) is 0 Å². The van der Waals surface area contributed by atoms with Crippen LogP contribution in [0.25, 0.3) is 0 Å². The molecule has 0 saturated heterocycles. The third kappa shape index (κ3) is 7.58. The summed E-state index contributed by atoms with van der Waals surface area (Å²) in [6.45, 7) is 3.30. The highest BCUT2D eigenvalue weighted by molar-refractivity contribution is 5.66. The van der Waals surface area contributed by atoms with Crippen LogP contribution in [0, 0.1) is 0 Å². The highest BCUT2D eigenvalue weighted by atomic mass is 16.7. The monoisotopic (exact) mass is 235 g/mol. The highest BCUT2D eigenvalue weighted by Crippen LogP contribution is 2.07. The van der Waals surface area contributed by atoms with Crippen molar-refractivity contribution >= 4 is 5.97 Å². The summed E-state index contributed by atoms with van der Waals surface area (Å²) in [7, 11) is 3.74. The normalized spacial score (nSPS) is 16.9. The predicted octanol–water partition coefficient (Wildman–Crippen LogP) is -0.457. The molecule has 0 radical (unpaired) electrons. The molecule has 0 saturated carbocycles. The van der Waals surface area contributed by atoms with Gasteiger partial charge in [0.1, 0.15) is 6.10 Å². The third-order valence-corrected chi connectivity index (χ3v) is 1.81. The van der Waals surface area contributed by atoms with Gasteiger partial charge in [-0.25, -0.2) is 0 Å². The molecule has 16 heavy (non-hydrogen) atoms. The largest absolute Gasteiger partial charge is 0.436 e. The van der Waals surface area contributed by atoms with E-state index in [0.29, 0.717) is 13.0 Å². The molecule has 0 amide bonds. The Bertz CT molecular complexity index is 207. The average Bonchev–Trinajstić information content (AvgIpc) is 2.12. The van der Waals surface area contributed by atoms with Gasteiger partial charge in [-0.15, -0.1) is 0 Å². The Labute approximate surface area is 95.8 Å². The molecule has 0 bridgehead atoms. The first-order valence-corrected chi connectivity index (χ1v) is 5.16. The van der Waals surface area contributed by atoms with Crippen LogP contribution < -0.4 is 0 Å². The Balaban J connectivity index is 4.14. The van der Waals surface area contributed by atoms with E-state index in [9.17, 15) is 9.90 Å². The van der Waals surface area contributed by atoms with Crippen LogP contribution in [0.4, 0.5) is 0 Å². The summed E-state index contributed by atoms with van der Waals surface area (Å²) in [5.74, 6) is -0.485. The molecule has 0 aliphatic rings. The van der Waals surface area contributed by atoms with Gasteiger partial charge in [0.25, 0.3) is 0 Å². The van der Waals surface area contributed by atoms with Crippen LogP contribution >= 0.6 is 0 Å². The van der Waals surface area contributed by atoms with Crippen LogP contribution in [0.5, 0.6) is 0 Å². The maximum Gasteiger partial charge on any atom is 0.304 e. The first kappa shape index (κ1) is 15.3. The SMILES string of the molecule is CC(=O)OC(CCN(C)C)OC(O)C(C)O. The summed E-state index contributed by atoms with van der Waals surface area (Å²) in [6.07, 6.45) is -2.80. The number of aliphatic hydroxyl groups excluding tert-OH is 2. The maximum absolute atomic E-state index is 10.8. The quantitative estimate of drug-likeness (QED) is 0.459. The lowest BCUT2D eigenvalue weighted by atomic mass is 10.3. The van der Waals surface area contributed by atoms with E-state index >= 15 is 0 Å². The van der Waals surface area contributed by atoms with E-state index in [4.69, 9.17) is 14.6 Å². The van der Waals surface area contributed by atoms with Gasteiger partial charge in [-0.1, -0.05) is 0 Å².